The van der Waals surface area contributed by atoms with E-state index < -0.39 is 0 Å². The van der Waals surface area contributed by atoms with Crippen LogP contribution >= 0.6 is 0 Å². The molecule has 0 aliphatic rings. The zero-order valence-electron chi connectivity index (χ0n) is 18.6. The first-order valence-corrected chi connectivity index (χ1v) is 15.9. The Bertz CT molecular complexity index is 982. The average molecular weight is 567 g/mol. The Labute approximate surface area is 218 Å². The number of rotatable bonds is 2. The maximum absolute atomic E-state index is 12.6. The first-order valence-electron chi connectivity index (χ1n) is 9.76. The molecular weight excluding hydrogens is 540 g/mol. The van der Waals surface area contributed by atoms with Crippen LogP contribution in [0.1, 0.15) is 11.1 Å². The standard InChI is InChI=1S/2C12H10F.C2H6Si.2ClH.Zr/c2*1-9-3-2-4-12(9)10-5-7-11(13)8-6-10;1-3-2;;;/h2*2-8H,1H3;1-2H3;2*1H;/q2*-1;;;;+2/p-2. The molecule has 6 heteroatoms. The van der Waals surface area contributed by atoms with Gasteiger partial charge in [0, 0.05) is 0 Å². The second-order valence-electron chi connectivity index (χ2n) is 7.26. The van der Waals surface area contributed by atoms with Crippen molar-refractivity contribution in [2.75, 3.05) is 0 Å². The predicted octanol–water partition coefficient (Wildman–Crippen LogP) is 1.83. The van der Waals surface area contributed by atoms with Gasteiger partial charge in [-0.1, -0.05) is 49.2 Å². The number of benzene rings is 2. The van der Waals surface area contributed by atoms with Gasteiger partial charge in [0.05, 0.1) is 0 Å². The van der Waals surface area contributed by atoms with Gasteiger partial charge < -0.3 is 24.8 Å². The van der Waals surface area contributed by atoms with E-state index in [1.54, 1.807) is 47.6 Å². The van der Waals surface area contributed by atoms with Gasteiger partial charge in [-0.15, -0.1) is 70.8 Å². The Hall–Kier alpha value is -1.32. The monoisotopic (exact) mass is 564 g/mol. The second kappa shape index (κ2) is 15.5. The number of halogens is 4. The van der Waals surface area contributed by atoms with Crippen LogP contribution in [-0.4, -0.2) is 5.43 Å². The summed E-state index contributed by atoms with van der Waals surface area (Å²) < 4.78 is 25.3. The summed E-state index contributed by atoms with van der Waals surface area (Å²) in [6.07, 6.45) is 0. The number of aryl methyl sites for hydroxylation is 2. The molecule has 0 aliphatic carbocycles. The molecule has 0 aliphatic heterocycles. The first-order chi connectivity index (χ1) is 14.3. The Kier molecular flexibility index (Phi) is 14.9. The van der Waals surface area contributed by atoms with Gasteiger partial charge in [-0.2, -0.15) is 12.1 Å². The third kappa shape index (κ3) is 10.1. The molecule has 4 aromatic carbocycles. The van der Waals surface area contributed by atoms with Crippen molar-refractivity contribution in [3.05, 3.63) is 108 Å². The smallest absolute Gasteiger partial charge is 0.108 e. The molecule has 0 N–H and O–H groups in total. The SMILES string of the molecule is C[Si](C)=[Zr+2].Cc1ccc[c-]1-c1ccc(F)cc1.Cc1ccc[c-]1-c1ccc(F)cc1.[Cl-].[Cl-]. The van der Waals surface area contributed by atoms with E-state index in [-0.39, 0.29) is 41.9 Å². The minimum absolute atomic E-state index is 0. The van der Waals surface area contributed by atoms with Gasteiger partial charge in [-0.05, 0) is 0 Å². The Morgan fingerprint density at radius 2 is 0.906 bits per heavy atom. The van der Waals surface area contributed by atoms with Gasteiger partial charge in [0.2, 0.25) is 0 Å². The van der Waals surface area contributed by atoms with Crippen LogP contribution in [0.15, 0.2) is 84.9 Å². The Morgan fingerprint density at radius 3 is 1.12 bits per heavy atom. The van der Waals surface area contributed by atoms with Gasteiger partial charge in [0.1, 0.15) is 11.6 Å². The topological polar surface area (TPSA) is 0 Å². The van der Waals surface area contributed by atoms with E-state index in [0.717, 1.165) is 11.1 Å². The normalized spacial score (nSPS) is 9.25. The quantitative estimate of drug-likeness (QED) is 0.257. The minimum atomic E-state index is -0.187. The van der Waals surface area contributed by atoms with E-state index in [1.165, 1.54) is 46.5 Å². The second-order valence-corrected chi connectivity index (χ2v) is 16.6. The van der Waals surface area contributed by atoms with Crippen molar-refractivity contribution in [2.24, 2.45) is 0 Å². The predicted molar refractivity (Wildman–Crippen MR) is 122 cm³/mol. The van der Waals surface area contributed by atoms with E-state index in [0.29, 0.717) is 0 Å². The van der Waals surface area contributed by atoms with Crippen molar-refractivity contribution in [2.45, 2.75) is 26.9 Å². The van der Waals surface area contributed by atoms with Crippen molar-refractivity contribution >= 4 is 5.43 Å². The molecule has 0 amide bonds. The summed E-state index contributed by atoms with van der Waals surface area (Å²) in [5.41, 5.74) is 7.17. The third-order valence-corrected chi connectivity index (χ3v) is 4.38. The minimum Gasteiger partial charge on any atom is -1.00 e. The molecule has 0 saturated heterocycles. The molecule has 0 atom stereocenters. The van der Waals surface area contributed by atoms with Gasteiger partial charge in [0.25, 0.3) is 0 Å². The van der Waals surface area contributed by atoms with Gasteiger partial charge in [-0.3, -0.25) is 0 Å². The number of hydrogen-bond acceptors (Lipinski definition) is 0. The maximum atomic E-state index is 12.6. The zero-order valence-corrected chi connectivity index (χ0v) is 23.6. The van der Waals surface area contributed by atoms with Gasteiger partial charge in [0.15, 0.2) is 0 Å². The molecule has 0 saturated carbocycles. The van der Waals surface area contributed by atoms with Crippen molar-refractivity contribution in [3.63, 3.8) is 0 Å². The fraction of sp³-hybridized carbons (Fsp3) is 0.154. The maximum Gasteiger partial charge on any atom is 0.108 e. The molecule has 0 bridgehead atoms. The number of hydrogen-bond donors (Lipinski definition) is 0. The van der Waals surface area contributed by atoms with E-state index in [2.05, 4.69) is 39.1 Å². The average Bonchev–Trinajstić information content (AvgIpc) is 3.31. The summed E-state index contributed by atoms with van der Waals surface area (Å²) in [6.45, 7) is 8.73. The molecule has 4 aromatic rings. The molecule has 0 unspecified atom stereocenters. The molecule has 0 spiro atoms. The molecule has 168 valence electrons. The third-order valence-electron chi connectivity index (χ3n) is 4.38. The molecule has 0 aromatic heterocycles. The van der Waals surface area contributed by atoms with Gasteiger partial charge in [-0.25, -0.2) is 8.78 Å². The first kappa shape index (κ1) is 30.7. The molecule has 0 fully saturated rings. The summed E-state index contributed by atoms with van der Waals surface area (Å²) in [6, 6.07) is 25.4. The van der Waals surface area contributed by atoms with Crippen LogP contribution in [0.2, 0.25) is 13.1 Å². The molecular formula is C26H26Cl2F2SiZr-2. The van der Waals surface area contributed by atoms with Crippen LogP contribution in [0.5, 0.6) is 0 Å². The summed E-state index contributed by atoms with van der Waals surface area (Å²) in [7, 11) is 0. The van der Waals surface area contributed by atoms with Gasteiger partial charge >= 0.3 is 41.9 Å². The fourth-order valence-corrected chi connectivity index (χ4v) is 2.93. The van der Waals surface area contributed by atoms with Crippen LogP contribution in [0.4, 0.5) is 8.78 Å². The van der Waals surface area contributed by atoms with Crippen molar-refractivity contribution < 1.29 is 56.9 Å². The fourth-order valence-electron chi connectivity index (χ4n) is 2.93. The van der Waals surface area contributed by atoms with Crippen molar-refractivity contribution in [1.29, 1.82) is 0 Å². The summed E-state index contributed by atoms with van der Waals surface area (Å²) in [5, 5.41) is 0. The Balaban J connectivity index is 0.000000490. The molecule has 0 nitrogen and oxygen atoms in total. The van der Waals surface area contributed by atoms with E-state index in [9.17, 15) is 8.78 Å². The zero-order chi connectivity index (χ0) is 22.1. The summed E-state index contributed by atoms with van der Waals surface area (Å²) in [4.78, 5) is 0. The Morgan fingerprint density at radius 1 is 0.625 bits per heavy atom. The van der Waals surface area contributed by atoms with Crippen LogP contribution in [0.3, 0.4) is 0 Å². The largest absolute Gasteiger partial charge is 1.00 e. The van der Waals surface area contributed by atoms with Crippen LogP contribution in [-0.2, 0) is 23.3 Å². The van der Waals surface area contributed by atoms with Crippen LogP contribution in [0.25, 0.3) is 22.3 Å². The van der Waals surface area contributed by atoms with Crippen molar-refractivity contribution in [3.8, 4) is 22.3 Å². The molecule has 32 heavy (non-hydrogen) atoms. The van der Waals surface area contributed by atoms with E-state index in [4.69, 9.17) is 0 Å². The molecule has 4 rings (SSSR count). The van der Waals surface area contributed by atoms with E-state index in [1.807, 2.05) is 24.3 Å². The summed E-state index contributed by atoms with van der Waals surface area (Å²) >= 11 is 1.74. The van der Waals surface area contributed by atoms with Crippen molar-refractivity contribution in [1.82, 2.24) is 0 Å². The van der Waals surface area contributed by atoms with E-state index >= 15 is 0 Å². The summed E-state index contributed by atoms with van der Waals surface area (Å²) in [5.74, 6) is -0.374. The van der Waals surface area contributed by atoms with Crippen LogP contribution in [0, 0.1) is 25.5 Å². The molecule has 0 radical (unpaired) electrons. The molecule has 0 heterocycles. The van der Waals surface area contributed by atoms with Crippen LogP contribution < -0.4 is 24.8 Å².